The Kier molecular flexibility index (Phi) is 4.92. The normalized spacial score (nSPS) is 16.1. The molecule has 5 heteroatoms. The van der Waals surface area contributed by atoms with Gasteiger partial charge in [-0.2, -0.15) is 0 Å². The van der Waals surface area contributed by atoms with Gasteiger partial charge in [-0.25, -0.2) is 4.98 Å². The molecule has 0 spiro atoms. The van der Waals surface area contributed by atoms with Crippen molar-refractivity contribution in [1.29, 1.82) is 0 Å². The summed E-state index contributed by atoms with van der Waals surface area (Å²) in [5, 5.41) is 0.742. The van der Waals surface area contributed by atoms with Gasteiger partial charge in [0.2, 0.25) is 0 Å². The fraction of sp³-hybridized carbons (Fsp3) is 0.429. The van der Waals surface area contributed by atoms with E-state index < -0.39 is 0 Å². The van der Waals surface area contributed by atoms with Crippen molar-refractivity contribution in [3.63, 3.8) is 0 Å². The summed E-state index contributed by atoms with van der Waals surface area (Å²) < 4.78 is 0. The molecule has 2 aromatic heterocycles. The molecule has 0 atom stereocenters. The lowest BCUT2D eigenvalue weighted by Crippen LogP contribution is -3.10. The molecule has 4 rings (SSSR count). The van der Waals surface area contributed by atoms with Crippen molar-refractivity contribution in [2.45, 2.75) is 46.1 Å². The number of H-pyrrole nitrogens is 1. The van der Waals surface area contributed by atoms with E-state index in [4.69, 9.17) is 4.98 Å². The van der Waals surface area contributed by atoms with E-state index in [1.807, 2.05) is 0 Å². The van der Waals surface area contributed by atoms with E-state index >= 15 is 0 Å². The lowest BCUT2D eigenvalue weighted by molar-refractivity contribution is -0.913. The maximum absolute atomic E-state index is 12.9. The Bertz CT molecular complexity index is 963. The highest BCUT2D eigenvalue weighted by Gasteiger charge is 2.19. The van der Waals surface area contributed by atoms with Gasteiger partial charge in [-0.3, -0.25) is 4.79 Å². The molecule has 1 saturated heterocycles. The second-order valence-corrected chi connectivity index (χ2v) is 8.64. The minimum atomic E-state index is -0.000790. The van der Waals surface area contributed by atoms with Crippen LogP contribution in [0.4, 0.5) is 0 Å². The Labute approximate surface area is 157 Å². The summed E-state index contributed by atoms with van der Waals surface area (Å²) in [7, 11) is 0. The van der Waals surface area contributed by atoms with Crippen LogP contribution in [-0.4, -0.2) is 23.1 Å². The first-order valence-electron chi connectivity index (χ1n) is 9.55. The number of aromatic nitrogens is 2. The van der Waals surface area contributed by atoms with Gasteiger partial charge in [0.1, 0.15) is 11.4 Å². The van der Waals surface area contributed by atoms with Crippen LogP contribution in [0.2, 0.25) is 0 Å². The van der Waals surface area contributed by atoms with E-state index in [0.717, 1.165) is 38.6 Å². The van der Waals surface area contributed by atoms with E-state index in [-0.39, 0.29) is 5.56 Å². The molecular formula is C21H26N3OS+. The quantitative estimate of drug-likeness (QED) is 0.746. The molecule has 0 saturated carbocycles. The summed E-state index contributed by atoms with van der Waals surface area (Å²) in [6.45, 7) is 7.34. The van der Waals surface area contributed by atoms with Crippen molar-refractivity contribution in [2.24, 2.45) is 0 Å². The van der Waals surface area contributed by atoms with Gasteiger partial charge >= 0.3 is 0 Å². The molecule has 3 heterocycles. The minimum absolute atomic E-state index is 0.000790. The summed E-state index contributed by atoms with van der Waals surface area (Å²) >= 11 is 1.63. The summed E-state index contributed by atoms with van der Waals surface area (Å²) in [5.41, 5.74) is 3.35. The number of rotatable bonds is 3. The van der Waals surface area contributed by atoms with Crippen molar-refractivity contribution < 1.29 is 4.90 Å². The summed E-state index contributed by atoms with van der Waals surface area (Å²) in [6.07, 6.45) is 5.21. The Hall–Kier alpha value is -1.98. The van der Waals surface area contributed by atoms with E-state index in [2.05, 4.69) is 43.1 Å². The number of quaternary nitrogens is 1. The van der Waals surface area contributed by atoms with Crippen molar-refractivity contribution in [3.8, 4) is 11.1 Å². The van der Waals surface area contributed by atoms with Gasteiger partial charge in [0.05, 0.1) is 18.5 Å². The molecule has 0 unspecified atom stereocenters. The number of fused-ring (bicyclic) bond motifs is 1. The monoisotopic (exact) mass is 368 g/mol. The molecule has 1 fully saturated rings. The zero-order valence-electron chi connectivity index (χ0n) is 15.5. The third kappa shape index (κ3) is 3.46. The minimum Gasteiger partial charge on any atom is -0.329 e. The zero-order valence-corrected chi connectivity index (χ0v) is 16.3. The summed E-state index contributed by atoms with van der Waals surface area (Å²) in [5.74, 6) is 0.830. The number of benzene rings is 1. The third-order valence-electron chi connectivity index (χ3n) is 5.36. The van der Waals surface area contributed by atoms with Gasteiger partial charge in [-0.1, -0.05) is 29.8 Å². The predicted molar refractivity (Wildman–Crippen MR) is 108 cm³/mol. The van der Waals surface area contributed by atoms with Crippen molar-refractivity contribution >= 4 is 21.6 Å². The molecule has 2 N–H and O–H groups in total. The molecule has 136 valence electrons. The first kappa shape index (κ1) is 17.4. The van der Waals surface area contributed by atoms with Crippen LogP contribution in [0.25, 0.3) is 21.3 Å². The average Bonchev–Trinajstić information content (AvgIpc) is 2.78. The predicted octanol–water partition coefficient (Wildman–Crippen LogP) is 3.23. The van der Waals surface area contributed by atoms with Crippen LogP contribution in [0.5, 0.6) is 0 Å². The largest absolute Gasteiger partial charge is 0.329 e. The molecule has 1 aliphatic heterocycles. The fourth-order valence-electron chi connectivity index (χ4n) is 3.96. The maximum Gasteiger partial charge on any atom is 0.260 e. The van der Waals surface area contributed by atoms with Crippen molar-refractivity contribution in [3.05, 3.63) is 50.9 Å². The lowest BCUT2D eigenvalue weighted by atomic mass is 10.0. The maximum atomic E-state index is 12.9. The first-order chi connectivity index (χ1) is 12.6. The number of nitrogens with zero attached hydrogens (tertiary/aromatic N) is 1. The fourth-order valence-corrected chi connectivity index (χ4v) is 5.02. The Balaban J connectivity index is 1.72. The molecular weight excluding hydrogens is 342 g/mol. The van der Waals surface area contributed by atoms with Gasteiger partial charge in [-0.15, -0.1) is 11.3 Å². The van der Waals surface area contributed by atoms with Crippen LogP contribution >= 0.6 is 11.3 Å². The average molecular weight is 369 g/mol. The van der Waals surface area contributed by atoms with Crippen LogP contribution in [0, 0.1) is 13.8 Å². The highest BCUT2D eigenvalue weighted by Crippen LogP contribution is 2.35. The Morgan fingerprint density at radius 3 is 2.46 bits per heavy atom. The van der Waals surface area contributed by atoms with E-state index in [1.165, 1.54) is 49.2 Å². The second kappa shape index (κ2) is 7.33. The Morgan fingerprint density at radius 2 is 1.77 bits per heavy atom. The second-order valence-electron chi connectivity index (χ2n) is 7.43. The summed E-state index contributed by atoms with van der Waals surface area (Å²) in [4.78, 5) is 24.3. The Morgan fingerprint density at radius 1 is 1.08 bits per heavy atom. The number of aryl methyl sites for hydroxylation is 2. The van der Waals surface area contributed by atoms with Gasteiger partial charge < -0.3 is 9.88 Å². The standard InChI is InChI=1S/C21H25N3OS/c1-14-7-9-16(10-8-14)18-15(2)26-21-19(18)20(25)22-17(23-21)13-24-11-5-3-4-6-12-24/h7-10H,3-6,11-13H2,1-2H3,(H,22,23,25)/p+1. The van der Waals surface area contributed by atoms with Gasteiger partial charge in [0.25, 0.3) is 5.56 Å². The van der Waals surface area contributed by atoms with E-state index in [9.17, 15) is 4.79 Å². The number of thiophene rings is 1. The molecule has 1 aromatic carbocycles. The van der Waals surface area contributed by atoms with E-state index in [0.29, 0.717) is 0 Å². The van der Waals surface area contributed by atoms with Crippen LogP contribution < -0.4 is 10.5 Å². The highest BCUT2D eigenvalue weighted by atomic mass is 32.1. The van der Waals surface area contributed by atoms with Crippen LogP contribution in [-0.2, 0) is 6.54 Å². The first-order valence-corrected chi connectivity index (χ1v) is 10.4. The molecule has 26 heavy (non-hydrogen) atoms. The number of aromatic amines is 1. The zero-order chi connectivity index (χ0) is 18.1. The van der Waals surface area contributed by atoms with Crippen LogP contribution in [0.3, 0.4) is 0 Å². The number of nitrogens with one attached hydrogen (secondary N) is 2. The number of hydrogen-bond acceptors (Lipinski definition) is 3. The highest BCUT2D eigenvalue weighted by molar-refractivity contribution is 7.19. The van der Waals surface area contributed by atoms with Crippen LogP contribution in [0.15, 0.2) is 29.1 Å². The molecule has 3 aromatic rings. The van der Waals surface area contributed by atoms with Gasteiger partial charge in [0, 0.05) is 10.4 Å². The van der Waals surface area contributed by atoms with Crippen molar-refractivity contribution in [1.82, 2.24) is 9.97 Å². The topological polar surface area (TPSA) is 50.2 Å². The smallest absolute Gasteiger partial charge is 0.260 e. The molecule has 1 aliphatic rings. The summed E-state index contributed by atoms with van der Waals surface area (Å²) in [6, 6.07) is 8.38. The molecule has 0 radical (unpaired) electrons. The van der Waals surface area contributed by atoms with Crippen molar-refractivity contribution in [2.75, 3.05) is 13.1 Å². The van der Waals surface area contributed by atoms with E-state index in [1.54, 1.807) is 11.3 Å². The van der Waals surface area contributed by atoms with Crippen LogP contribution in [0.1, 0.15) is 41.9 Å². The third-order valence-corrected chi connectivity index (χ3v) is 6.35. The van der Waals surface area contributed by atoms with Gasteiger partial charge in [-0.05, 0) is 45.1 Å². The molecule has 0 aliphatic carbocycles. The lowest BCUT2D eigenvalue weighted by Gasteiger charge is -2.16. The number of hydrogen-bond donors (Lipinski definition) is 2. The number of likely N-dealkylation sites (tertiary alicyclic amines) is 1. The SMILES string of the molecule is Cc1ccc(-c2c(C)sc3nc(C[NH+]4CCCCCC4)[nH]c(=O)c23)cc1. The molecule has 0 bridgehead atoms. The molecule has 0 amide bonds. The molecule has 4 nitrogen and oxygen atoms in total. The van der Waals surface area contributed by atoms with Gasteiger partial charge in [0.15, 0.2) is 5.82 Å².